The van der Waals surface area contributed by atoms with Gasteiger partial charge in [-0.2, -0.15) is 0 Å². The van der Waals surface area contributed by atoms with Crippen molar-refractivity contribution in [1.29, 1.82) is 0 Å². The third-order valence-electron chi connectivity index (χ3n) is 18.2. The quantitative estimate of drug-likeness (QED) is 0.184. The van der Waals surface area contributed by atoms with Gasteiger partial charge in [0.25, 0.3) is 0 Å². The number of aromatic amines is 2. The third-order valence-corrected chi connectivity index (χ3v) is 18.5. The van der Waals surface area contributed by atoms with E-state index in [1.807, 2.05) is 0 Å². The number of aromatic nitrogens is 6. The first-order valence-electron chi connectivity index (χ1n) is 32.1. The first-order valence-corrected chi connectivity index (χ1v) is 32.5. The minimum Gasteiger partial charge on any atom is -0.354 e. The molecule has 9 aromatic rings. The molecule has 0 spiro atoms. The van der Waals surface area contributed by atoms with Gasteiger partial charge in [-0.25, -0.2) is 19.9 Å². The number of para-hydroxylation sites is 2. The highest BCUT2D eigenvalue weighted by Crippen LogP contribution is 2.50. The summed E-state index contributed by atoms with van der Waals surface area (Å²) in [5.74, 6) is 0. The number of halogens is 1. The molecule has 0 saturated heterocycles. The summed E-state index contributed by atoms with van der Waals surface area (Å²) in [7, 11) is 0. The first-order chi connectivity index (χ1) is 41.0. The summed E-state index contributed by atoms with van der Waals surface area (Å²) in [4.78, 5) is 31.8. The second-order valence-electron chi connectivity index (χ2n) is 33.8. The van der Waals surface area contributed by atoms with Gasteiger partial charge in [0.05, 0.1) is 27.5 Å². The summed E-state index contributed by atoms with van der Waals surface area (Å²) in [5.41, 5.74) is 25.9. The Kier molecular flexibility index (Phi) is 15.2. The summed E-state index contributed by atoms with van der Waals surface area (Å²) in [6.45, 7) is 55.3. The molecule has 0 atom stereocenters. The van der Waals surface area contributed by atoms with E-state index in [0.717, 1.165) is 106 Å². The maximum Gasteiger partial charge on any atom is 0.118 e. The van der Waals surface area contributed by atoms with Crippen LogP contribution in [0.25, 0.3) is 111 Å². The number of nitrogens with zero attached hydrogens (tertiary/aromatic N) is 4. The third kappa shape index (κ3) is 12.2. The monoisotopic (exact) mass is 1200 g/mol. The van der Waals surface area contributed by atoms with Crippen LogP contribution in [0.2, 0.25) is 0 Å². The second kappa shape index (κ2) is 21.4. The predicted octanol–water partition coefficient (Wildman–Crippen LogP) is 23.4. The molecule has 4 aromatic heterocycles. The van der Waals surface area contributed by atoms with Crippen molar-refractivity contribution in [3.05, 3.63) is 177 Å². The lowest BCUT2D eigenvalue weighted by Gasteiger charge is -2.26. The number of rotatable bonds is 4. The second-order valence-corrected chi connectivity index (χ2v) is 34.2. The normalized spacial score (nSPS) is 13.7. The van der Waals surface area contributed by atoms with Gasteiger partial charge in [0.15, 0.2) is 0 Å². The van der Waals surface area contributed by atoms with Gasteiger partial charge in [-0.1, -0.05) is 263 Å². The molecule has 460 valence electrons. The highest BCUT2D eigenvalue weighted by atomic mass is 35.5. The average molecular weight is 1200 g/mol. The molecule has 5 aromatic carbocycles. The maximum atomic E-state index is 7.97. The van der Waals surface area contributed by atoms with Gasteiger partial charge in [-0.3, -0.25) is 0 Å². The number of hydrogen-bond donors (Lipinski definition) is 2. The Morgan fingerprint density at radius 1 is 0.270 bits per heavy atom. The van der Waals surface area contributed by atoms with Crippen LogP contribution in [-0.2, 0) is 43.3 Å². The smallest absolute Gasteiger partial charge is 0.118 e. The summed E-state index contributed by atoms with van der Waals surface area (Å²) in [6.07, 6.45) is 2.10. The predicted molar refractivity (Wildman–Crippen MR) is 384 cm³/mol. The van der Waals surface area contributed by atoms with Crippen molar-refractivity contribution in [2.24, 2.45) is 0 Å². The van der Waals surface area contributed by atoms with E-state index in [-0.39, 0.29) is 43.3 Å². The van der Waals surface area contributed by atoms with Gasteiger partial charge in [0.2, 0.25) is 0 Å². The Labute approximate surface area is 536 Å². The lowest BCUT2D eigenvalue weighted by molar-refractivity contribution is 0.568. The zero-order valence-corrected chi connectivity index (χ0v) is 58.5. The van der Waals surface area contributed by atoms with Crippen LogP contribution in [0.4, 0.5) is 0 Å². The van der Waals surface area contributed by atoms with E-state index >= 15 is 0 Å². The highest BCUT2D eigenvalue weighted by Gasteiger charge is 2.33. The molecule has 2 aliphatic rings. The largest absolute Gasteiger partial charge is 0.354 e. The van der Waals surface area contributed by atoms with E-state index in [4.69, 9.17) is 31.5 Å². The molecular weight excluding hydrogens is 1100 g/mol. The van der Waals surface area contributed by atoms with E-state index in [0.29, 0.717) is 10.7 Å². The minimum absolute atomic E-state index is 0.164. The lowest BCUT2D eigenvalue weighted by Crippen LogP contribution is -2.16. The number of H-pyrrole nitrogens is 2. The summed E-state index contributed by atoms with van der Waals surface area (Å²) >= 11 is 7.97. The summed E-state index contributed by atoms with van der Waals surface area (Å²) in [5, 5.41) is 0.564. The molecule has 0 unspecified atom stereocenters. The van der Waals surface area contributed by atoms with Crippen molar-refractivity contribution >= 4 is 55.8 Å². The molecule has 7 heteroatoms. The van der Waals surface area contributed by atoms with Crippen LogP contribution in [-0.4, -0.2) is 29.9 Å². The van der Waals surface area contributed by atoms with Crippen LogP contribution in [0.1, 0.15) is 222 Å². The van der Waals surface area contributed by atoms with E-state index < -0.39 is 0 Å². The molecule has 0 saturated carbocycles. The van der Waals surface area contributed by atoms with Crippen LogP contribution in [0.5, 0.6) is 0 Å². The van der Waals surface area contributed by atoms with Gasteiger partial charge in [0.1, 0.15) is 22.8 Å². The van der Waals surface area contributed by atoms with Crippen molar-refractivity contribution in [1.82, 2.24) is 29.9 Å². The van der Waals surface area contributed by atoms with Crippen molar-refractivity contribution in [3.63, 3.8) is 0 Å². The Morgan fingerprint density at radius 2 is 0.517 bits per heavy atom. The Morgan fingerprint density at radius 3 is 0.787 bits per heavy atom. The van der Waals surface area contributed by atoms with Crippen LogP contribution in [0.3, 0.4) is 0 Å². The van der Waals surface area contributed by atoms with E-state index in [2.05, 4.69) is 304 Å². The fourth-order valence-electron chi connectivity index (χ4n) is 12.2. The van der Waals surface area contributed by atoms with E-state index in [1.54, 1.807) is 0 Å². The molecule has 2 aliphatic heterocycles. The standard InChI is InChI=1S/C82H95ClN6/c1-75(2,3)50-33-46(34-51(41-50)76(4,5)6)66-61-29-30-63(84-61)68(48-37-54(79(13,14)15)43-55(38-48)80(16,17)18)71-73-74(87-60-28-26-25-27-59(60)86-73)72(89-71)69(49-39-56(81(19,20)21)44-57(40-49)82(22,23)24)64-32-31-62(85-64)67(70-58(83)45-65(66)88-70)47-35-52(77(7,8)9)42-53(36-47)78(10,11)12/h25-45,84-85H,1-24H3. The molecule has 2 N–H and O–H groups in total. The zero-order chi connectivity index (χ0) is 64.8. The highest BCUT2D eigenvalue weighted by molar-refractivity contribution is 6.52. The average Bonchev–Trinajstić information content (AvgIpc) is 1.61. The topological polar surface area (TPSA) is 83.1 Å². The number of nitrogens with one attached hydrogen (secondary N) is 2. The van der Waals surface area contributed by atoms with Gasteiger partial charge < -0.3 is 9.97 Å². The first kappa shape index (κ1) is 63.2. The molecule has 0 fully saturated rings. The number of fused-ring (bicyclic) bond motifs is 12. The molecule has 0 radical (unpaired) electrons. The molecule has 8 bridgehead atoms. The van der Waals surface area contributed by atoms with E-state index in [1.165, 1.54) is 44.5 Å². The van der Waals surface area contributed by atoms with Crippen molar-refractivity contribution in [2.45, 2.75) is 209 Å². The molecule has 6 heterocycles. The molecule has 6 nitrogen and oxygen atoms in total. The van der Waals surface area contributed by atoms with Crippen LogP contribution < -0.4 is 0 Å². The maximum absolute atomic E-state index is 7.97. The molecule has 0 amide bonds. The Hall–Kier alpha value is -7.41. The lowest BCUT2D eigenvalue weighted by atomic mass is 9.78. The minimum atomic E-state index is -0.187. The SMILES string of the molecule is CC(C)(C)c1cc(-c2c3nc(c(-c4cc(C(C)(C)C)cc(C(C)(C)C)c4)c4ccc([nH]4)c(-c4cc(C(C)(C)C)cc(C(C)(C)C)c4)c4nc(c(-c5cc(C(C)(C)C)cc(C(C)(C)C)c5)c5ccc2[nH]5)-c2nc5ccccc5nc2-4)C(Cl)=C3)cc(C(C)(C)C)c1. The number of benzene rings is 5. The molecule has 0 aliphatic carbocycles. The van der Waals surface area contributed by atoms with Gasteiger partial charge in [-0.05, 0) is 153 Å². The van der Waals surface area contributed by atoms with E-state index in [9.17, 15) is 0 Å². The van der Waals surface area contributed by atoms with Crippen molar-refractivity contribution in [2.75, 3.05) is 0 Å². The van der Waals surface area contributed by atoms with Gasteiger partial charge in [-0.15, -0.1) is 0 Å². The van der Waals surface area contributed by atoms with Crippen LogP contribution in [0.15, 0.2) is 121 Å². The van der Waals surface area contributed by atoms with Gasteiger partial charge in [0, 0.05) is 44.3 Å². The Bertz CT molecular complexity index is 4430. The summed E-state index contributed by atoms with van der Waals surface area (Å²) in [6, 6.07) is 45.8. The molecule has 89 heavy (non-hydrogen) atoms. The fraction of sp³-hybridized carbons (Fsp3) is 0.390. The molecular formula is C82H95ClN6. The summed E-state index contributed by atoms with van der Waals surface area (Å²) < 4.78 is 0. The number of hydrogen-bond acceptors (Lipinski definition) is 4. The fourth-order valence-corrected chi connectivity index (χ4v) is 12.5. The van der Waals surface area contributed by atoms with Crippen molar-refractivity contribution in [3.8, 4) is 67.3 Å². The zero-order valence-electron chi connectivity index (χ0n) is 57.8. The van der Waals surface area contributed by atoms with Crippen molar-refractivity contribution < 1.29 is 0 Å². The van der Waals surface area contributed by atoms with Crippen LogP contribution >= 0.6 is 11.6 Å². The molecule has 11 rings (SSSR count). The van der Waals surface area contributed by atoms with Gasteiger partial charge >= 0.3 is 0 Å². The Balaban J connectivity index is 1.47. The van der Waals surface area contributed by atoms with Crippen LogP contribution in [0, 0.1) is 0 Å².